The monoisotopic (exact) mass is 424 g/mol. The van der Waals surface area contributed by atoms with Crippen molar-refractivity contribution in [2.45, 2.75) is 13.8 Å². The summed E-state index contributed by atoms with van der Waals surface area (Å²) < 4.78 is 6.29. The van der Waals surface area contributed by atoms with Crippen molar-refractivity contribution in [1.29, 1.82) is 0 Å². The summed E-state index contributed by atoms with van der Waals surface area (Å²) >= 11 is 3.47. The molecule has 2 aromatic carbocycles. The summed E-state index contributed by atoms with van der Waals surface area (Å²) in [6.45, 7) is 3.25. The molecule has 0 saturated heterocycles. The Morgan fingerprint density at radius 2 is 1.85 bits per heavy atom. The van der Waals surface area contributed by atoms with Gasteiger partial charge in [0.1, 0.15) is 0 Å². The van der Waals surface area contributed by atoms with Crippen molar-refractivity contribution >= 4 is 33.5 Å². The summed E-state index contributed by atoms with van der Waals surface area (Å²) in [6.07, 6.45) is 6.19. The maximum Gasteiger partial charge on any atom is 0.300 e. The lowest BCUT2D eigenvalue weighted by Crippen LogP contribution is -2.03. The summed E-state index contributed by atoms with van der Waals surface area (Å²) in [5.41, 5.74) is 5.60. The van der Waals surface area contributed by atoms with Gasteiger partial charge >= 0.3 is 0 Å². The number of rotatable bonds is 1. The smallest absolute Gasteiger partial charge is 0.300 e. The van der Waals surface area contributed by atoms with Gasteiger partial charge in [-0.05, 0) is 41.5 Å². The van der Waals surface area contributed by atoms with Crippen LogP contribution in [-0.2, 0) is 9.53 Å². The van der Waals surface area contributed by atoms with Crippen LogP contribution in [0.3, 0.4) is 0 Å². The molecular formula is C23H21BrO3. The average molecular weight is 425 g/mol. The van der Waals surface area contributed by atoms with Crippen LogP contribution in [0.15, 0.2) is 59.3 Å². The van der Waals surface area contributed by atoms with E-state index in [2.05, 4.69) is 65.0 Å². The standard InChI is InChI=1S/C21H17BrO.C2H4O2/c1-15-6-10-18-11-9-17(13-20(18)21(15)14-23-2)8-7-16-4-3-5-19(22)12-16;1-2(3)4/h3-6,9-15H,1-2H3;1H3,(H,3,4)/b21-14+;. The molecule has 0 amide bonds. The van der Waals surface area contributed by atoms with Crippen molar-refractivity contribution in [2.75, 3.05) is 7.11 Å². The van der Waals surface area contributed by atoms with Crippen molar-refractivity contribution in [3.63, 3.8) is 0 Å². The summed E-state index contributed by atoms with van der Waals surface area (Å²) in [5, 5.41) is 7.42. The second-order valence-electron chi connectivity index (χ2n) is 6.04. The predicted molar refractivity (Wildman–Crippen MR) is 113 cm³/mol. The van der Waals surface area contributed by atoms with Gasteiger partial charge in [-0.15, -0.1) is 0 Å². The van der Waals surface area contributed by atoms with Gasteiger partial charge in [0, 0.05) is 34.0 Å². The highest BCUT2D eigenvalue weighted by Crippen LogP contribution is 2.33. The Labute approximate surface area is 168 Å². The molecule has 0 fully saturated rings. The summed E-state index contributed by atoms with van der Waals surface area (Å²) in [6, 6.07) is 14.3. The topological polar surface area (TPSA) is 46.5 Å². The molecular weight excluding hydrogens is 404 g/mol. The van der Waals surface area contributed by atoms with Crippen LogP contribution in [0.1, 0.15) is 36.1 Å². The van der Waals surface area contributed by atoms with Gasteiger partial charge in [-0.1, -0.05) is 59.0 Å². The number of aliphatic carboxylic acids is 1. The molecule has 1 unspecified atom stereocenters. The number of halogens is 1. The molecule has 2 aromatic rings. The second-order valence-corrected chi connectivity index (χ2v) is 6.95. The van der Waals surface area contributed by atoms with Gasteiger partial charge in [-0.25, -0.2) is 0 Å². The van der Waals surface area contributed by atoms with Crippen molar-refractivity contribution in [2.24, 2.45) is 5.92 Å². The quantitative estimate of drug-likeness (QED) is 0.479. The Balaban J connectivity index is 0.000000596. The first-order valence-electron chi connectivity index (χ1n) is 8.43. The van der Waals surface area contributed by atoms with Crippen LogP contribution in [0.4, 0.5) is 0 Å². The Morgan fingerprint density at radius 1 is 1.19 bits per heavy atom. The van der Waals surface area contributed by atoms with Crippen LogP contribution in [-0.4, -0.2) is 18.2 Å². The van der Waals surface area contributed by atoms with E-state index in [1.807, 2.05) is 30.5 Å². The molecule has 0 spiro atoms. The summed E-state index contributed by atoms with van der Waals surface area (Å²) in [4.78, 5) is 9.00. The Kier molecular flexibility index (Phi) is 7.45. The zero-order valence-corrected chi connectivity index (χ0v) is 17.1. The largest absolute Gasteiger partial charge is 0.504 e. The zero-order valence-electron chi connectivity index (χ0n) is 15.5. The fourth-order valence-corrected chi connectivity index (χ4v) is 3.03. The molecule has 0 aliphatic heterocycles. The summed E-state index contributed by atoms with van der Waals surface area (Å²) in [7, 11) is 1.69. The maximum absolute atomic E-state index is 9.00. The fourth-order valence-electron chi connectivity index (χ4n) is 2.63. The molecule has 0 saturated carbocycles. The molecule has 0 radical (unpaired) electrons. The predicted octanol–water partition coefficient (Wildman–Crippen LogP) is 5.59. The van der Waals surface area contributed by atoms with Gasteiger partial charge in [-0.3, -0.25) is 4.79 Å². The highest BCUT2D eigenvalue weighted by molar-refractivity contribution is 9.10. The molecule has 3 rings (SSSR count). The van der Waals surface area contributed by atoms with Crippen LogP contribution in [0.2, 0.25) is 0 Å². The third-order valence-electron chi connectivity index (χ3n) is 3.84. The molecule has 1 atom stereocenters. The van der Waals surface area contributed by atoms with Gasteiger partial charge in [0.2, 0.25) is 0 Å². The number of benzene rings is 2. The van der Waals surface area contributed by atoms with E-state index < -0.39 is 5.97 Å². The molecule has 138 valence electrons. The van der Waals surface area contributed by atoms with Gasteiger partial charge in [0.15, 0.2) is 0 Å². The van der Waals surface area contributed by atoms with E-state index in [1.54, 1.807) is 7.11 Å². The van der Waals surface area contributed by atoms with Crippen LogP contribution in [0.5, 0.6) is 0 Å². The third-order valence-corrected chi connectivity index (χ3v) is 4.33. The highest BCUT2D eigenvalue weighted by atomic mass is 79.9. The van der Waals surface area contributed by atoms with E-state index in [1.165, 1.54) is 16.7 Å². The molecule has 0 bridgehead atoms. The fraction of sp³-hybridized carbons (Fsp3) is 0.174. The highest BCUT2D eigenvalue weighted by Gasteiger charge is 2.16. The SMILES string of the molecule is CC(=O)O.CO/C=C1/c2cc(C#Cc3cccc(Br)c3)ccc2C=CC1C. The van der Waals surface area contributed by atoms with Crippen LogP contribution in [0.25, 0.3) is 11.6 Å². The average Bonchev–Trinajstić information content (AvgIpc) is 2.62. The van der Waals surface area contributed by atoms with Gasteiger partial charge in [0.05, 0.1) is 13.4 Å². The molecule has 1 N–H and O–H groups in total. The normalized spacial score (nSPS) is 15.7. The first kappa shape index (κ1) is 20.5. The van der Waals surface area contributed by atoms with Crippen molar-refractivity contribution in [1.82, 2.24) is 0 Å². The number of ether oxygens (including phenoxy) is 1. The van der Waals surface area contributed by atoms with E-state index in [0.29, 0.717) is 5.92 Å². The number of hydrogen-bond acceptors (Lipinski definition) is 2. The Bertz CT molecular complexity index is 942. The number of fused-ring (bicyclic) bond motifs is 1. The molecule has 27 heavy (non-hydrogen) atoms. The van der Waals surface area contributed by atoms with E-state index in [0.717, 1.165) is 22.5 Å². The van der Waals surface area contributed by atoms with Gasteiger partial charge < -0.3 is 9.84 Å². The van der Waals surface area contributed by atoms with Crippen LogP contribution in [0, 0.1) is 17.8 Å². The van der Waals surface area contributed by atoms with E-state index >= 15 is 0 Å². The first-order chi connectivity index (χ1) is 12.9. The van der Waals surface area contributed by atoms with Gasteiger partial charge in [-0.2, -0.15) is 0 Å². The number of allylic oxidation sites excluding steroid dienone is 2. The lowest BCUT2D eigenvalue weighted by Gasteiger charge is -2.20. The molecule has 1 aliphatic carbocycles. The van der Waals surface area contributed by atoms with Crippen LogP contribution >= 0.6 is 15.9 Å². The number of hydrogen-bond donors (Lipinski definition) is 1. The lowest BCUT2D eigenvalue weighted by atomic mass is 9.85. The van der Waals surface area contributed by atoms with Gasteiger partial charge in [0.25, 0.3) is 5.97 Å². The minimum atomic E-state index is -0.833. The maximum atomic E-state index is 9.00. The van der Waals surface area contributed by atoms with Crippen LogP contribution < -0.4 is 0 Å². The van der Waals surface area contributed by atoms with E-state index in [9.17, 15) is 0 Å². The molecule has 0 heterocycles. The van der Waals surface area contributed by atoms with E-state index in [-0.39, 0.29) is 0 Å². The van der Waals surface area contributed by atoms with E-state index in [4.69, 9.17) is 14.6 Å². The van der Waals surface area contributed by atoms with Crippen molar-refractivity contribution in [3.05, 3.63) is 81.5 Å². The third kappa shape index (κ3) is 6.16. The number of carbonyl (C=O) groups is 1. The van der Waals surface area contributed by atoms with Crippen molar-refractivity contribution in [3.8, 4) is 11.8 Å². The zero-order chi connectivity index (χ0) is 19.8. The number of carboxylic acid groups (broad SMARTS) is 1. The molecule has 0 aromatic heterocycles. The molecule has 3 nitrogen and oxygen atoms in total. The Hall–Kier alpha value is -2.77. The molecule has 4 heteroatoms. The second kappa shape index (κ2) is 9.80. The minimum absolute atomic E-state index is 0.343. The van der Waals surface area contributed by atoms with Crippen molar-refractivity contribution < 1.29 is 14.6 Å². The number of methoxy groups -OCH3 is 1. The lowest BCUT2D eigenvalue weighted by molar-refractivity contribution is -0.134. The minimum Gasteiger partial charge on any atom is -0.504 e. The first-order valence-corrected chi connectivity index (χ1v) is 9.22. The number of carboxylic acids is 1. The Morgan fingerprint density at radius 3 is 2.48 bits per heavy atom. The molecule has 1 aliphatic rings. The summed E-state index contributed by atoms with van der Waals surface area (Å²) in [5.74, 6) is 5.98.